The molecule has 7 heteroatoms. The zero-order valence-electron chi connectivity index (χ0n) is 13.2. The lowest BCUT2D eigenvalue weighted by atomic mass is 10.2. The summed E-state index contributed by atoms with van der Waals surface area (Å²) in [6, 6.07) is 7.56. The number of rotatable bonds is 4. The molecule has 0 saturated carbocycles. The molecule has 1 saturated heterocycles. The Morgan fingerprint density at radius 3 is 2.61 bits per heavy atom. The number of thiocarbonyl (C=S) groups is 1. The highest BCUT2D eigenvalue weighted by atomic mass is 32.2. The maximum absolute atomic E-state index is 5.81. The summed E-state index contributed by atoms with van der Waals surface area (Å²) in [6.07, 6.45) is 2.44. The van der Waals surface area contributed by atoms with E-state index in [0.717, 1.165) is 28.7 Å². The largest absolute Gasteiger partial charge is 0.497 e. The van der Waals surface area contributed by atoms with Crippen molar-refractivity contribution >= 4 is 28.3 Å². The van der Waals surface area contributed by atoms with Crippen LogP contribution >= 0.6 is 24.0 Å². The molecule has 5 nitrogen and oxygen atoms in total. The average Bonchev–Trinajstić information content (AvgIpc) is 3.26. The van der Waals surface area contributed by atoms with Crippen LogP contribution in [0, 0.1) is 0 Å². The van der Waals surface area contributed by atoms with Crippen molar-refractivity contribution in [2.75, 3.05) is 20.2 Å². The van der Waals surface area contributed by atoms with Crippen molar-refractivity contribution in [2.45, 2.75) is 25.0 Å². The Hall–Kier alpha value is -1.60. The molecule has 1 aliphatic rings. The van der Waals surface area contributed by atoms with Crippen LogP contribution in [0.4, 0.5) is 0 Å². The van der Waals surface area contributed by atoms with E-state index in [1.54, 1.807) is 18.9 Å². The number of benzene rings is 1. The van der Waals surface area contributed by atoms with Gasteiger partial charge in [-0.25, -0.2) is 0 Å². The Labute approximate surface area is 145 Å². The third-order valence-corrected chi connectivity index (χ3v) is 5.33. The van der Waals surface area contributed by atoms with Crippen molar-refractivity contribution in [1.29, 1.82) is 0 Å². The van der Waals surface area contributed by atoms with Gasteiger partial charge in [0, 0.05) is 18.7 Å². The first-order chi connectivity index (χ1) is 11.2. The smallest absolute Gasteiger partial charge is 0.247 e. The molecule has 1 fully saturated rings. The molecule has 0 radical (unpaired) electrons. The molecule has 23 heavy (non-hydrogen) atoms. The van der Waals surface area contributed by atoms with Gasteiger partial charge in [-0.2, -0.15) is 0 Å². The van der Waals surface area contributed by atoms with Gasteiger partial charge in [0.2, 0.25) is 11.8 Å². The molecular weight excluding hydrogens is 330 g/mol. The molecule has 2 heterocycles. The molecule has 1 atom stereocenters. The SMILES string of the molecule is COc1ccc(-c2nnc([C@H](C)SC(=S)N3CCCC3)o2)cc1. The fourth-order valence-electron chi connectivity index (χ4n) is 2.42. The maximum Gasteiger partial charge on any atom is 0.247 e. The highest BCUT2D eigenvalue weighted by molar-refractivity contribution is 8.23. The summed E-state index contributed by atoms with van der Waals surface area (Å²) in [6.45, 7) is 4.15. The molecule has 1 aromatic carbocycles. The van der Waals surface area contributed by atoms with Crippen molar-refractivity contribution < 1.29 is 9.15 Å². The molecule has 0 aliphatic carbocycles. The molecule has 0 bridgehead atoms. The highest BCUT2D eigenvalue weighted by Gasteiger charge is 2.21. The van der Waals surface area contributed by atoms with Gasteiger partial charge in [-0.05, 0) is 44.0 Å². The molecule has 0 N–H and O–H groups in total. The number of ether oxygens (including phenoxy) is 1. The minimum Gasteiger partial charge on any atom is -0.497 e. The molecule has 0 spiro atoms. The predicted octanol–water partition coefficient (Wildman–Crippen LogP) is 3.92. The summed E-state index contributed by atoms with van der Waals surface area (Å²) in [7, 11) is 1.64. The van der Waals surface area contributed by atoms with E-state index < -0.39 is 0 Å². The van der Waals surface area contributed by atoms with Crippen LogP contribution in [0.25, 0.3) is 11.5 Å². The van der Waals surface area contributed by atoms with E-state index in [1.165, 1.54) is 12.8 Å². The average molecular weight is 349 g/mol. The number of likely N-dealkylation sites (tertiary alicyclic amines) is 1. The van der Waals surface area contributed by atoms with Gasteiger partial charge in [0.15, 0.2) is 0 Å². The number of methoxy groups -OCH3 is 1. The second kappa shape index (κ2) is 7.31. The van der Waals surface area contributed by atoms with Crippen LogP contribution in [0.1, 0.15) is 30.9 Å². The predicted molar refractivity (Wildman–Crippen MR) is 95.7 cm³/mol. The first-order valence-corrected chi connectivity index (χ1v) is 8.89. The van der Waals surface area contributed by atoms with Gasteiger partial charge in [0.05, 0.1) is 12.4 Å². The maximum atomic E-state index is 5.81. The Morgan fingerprint density at radius 2 is 1.96 bits per heavy atom. The number of hydrogen-bond donors (Lipinski definition) is 0. The first-order valence-electron chi connectivity index (χ1n) is 7.61. The van der Waals surface area contributed by atoms with Crippen molar-refractivity contribution in [3.8, 4) is 17.2 Å². The summed E-state index contributed by atoms with van der Waals surface area (Å²) < 4.78 is 11.9. The zero-order valence-corrected chi connectivity index (χ0v) is 14.8. The van der Waals surface area contributed by atoms with Gasteiger partial charge >= 0.3 is 0 Å². The van der Waals surface area contributed by atoms with E-state index >= 15 is 0 Å². The number of thioether (sulfide) groups is 1. The van der Waals surface area contributed by atoms with E-state index in [1.807, 2.05) is 31.2 Å². The molecule has 3 rings (SSSR count). The van der Waals surface area contributed by atoms with Crippen LogP contribution in [-0.2, 0) is 0 Å². The first kappa shape index (κ1) is 16.3. The Morgan fingerprint density at radius 1 is 1.26 bits per heavy atom. The Bertz CT molecular complexity index is 666. The van der Waals surface area contributed by atoms with Gasteiger partial charge in [-0.15, -0.1) is 10.2 Å². The summed E-state index contributed by atoms with van der Waals surface area (Å²) in [5, 5.41) is 8.35. The van der Waals surface area contributed by atoms with Crippen molar-refractivity contribution in [3.05, 3.63) is 30.2 Å². The van der Waals surface area contributed by atoms with Crippen LogP contribution < -0.4 is 4.74 Å². The fraction of sp³-hybridized carbons (Fsp3) is 0.438. The summed E-state index contributed by atoms with van der Waals surface area (Å²) in [4.78, 5) is 2.25. The molecule has 0 unspecified atom stereocenters. The number of nitrogens with zero attached hydrogens (tertiary/aromatic N) is 3. The van der Waals surface area contributed by atoms with Crippen LogP contribution in [0.15, 0.2) is 28.7 Å². The lowest BCUT2D eigenvalue weighted by molar-refractivity contribution is 0.415. The molecule has 0 amide bonds. The molecular formula is C16H19N3O2S2. The van der Waals surface area contributed by atoms with Gasteiger partial charge in [-0.1, -0.05) is 24.0 Å². The van der Waals surface area contributed by atoms with E-state index in [0.29, 0.717) is 11.8 Å². The van der Waals surface area contributed by atoms with Gasteiger partial charge in [-0.3, -0.25) is 0 Å². The van der Waals surface area contributed by atoms with E-state index in [2.05, 4.69) is 15.1 Å². The fourth-order valence-corrected chi connectivity index (χ4v) is 3.87. The second-order valence-electron chi connectivity index (χ2n) is 5.39. The van der Waals surface area contributed by atoms with Crippen LogP contribution in [-0.4, -0.2) is 39.6 Å². The third kappa shape index (κ3) is 3.84. The van der Waals surface area contributed by atoms with Crippen molar-refractivity contribution in [1.82, 2.24) is 15.1 Å². The second-order valence-corrected chi connectivity index (χ2v) is 7.37. The standard InChI is InChI=1S/C16H19N3O2S2/c1-11(23-16(22)19-9-3-4-10-19)14-17-18-15(21-14)12-5-7-13(20-2)8-6-12/h5-8,11H,3-4,9-10H2,1-2H3/t11-/m0/s1. The lowest BCUT2D eigenvalue weighted by Crippen LogP contribution is -2.23. The van der Waals surface area contributed by atoms with Gasteiger partial charge in [0.25, 0.3) is 0 Å². The van der Waals surface area contributed by atoms with E-state index in [-0.39, 0.29) is 5.25 Å². The quantitative estimate of drug-likeness (QED) is 0.775. The monoisotopic (exact) mass is 349 g/mol. The Balaban J connectivity index is 1.66. The Kier molecular flexibility index (Phi) is 5.17. The number of aromatic nitrogens is 2. The van der Waals surface area contributed by atoms with Gasteiger partial charge in [0.1, 0.15) is 10.1 Å². The van der Waals surface area contributed by atoms with E-state index in [9.17, 15) is 0 Å². The molecule has 1 aliphatic heterocycles. The highest BCUT2D eigenvalue weighted by Crippen LogP contribution is 2.32. The van der Waals surface area contributed by atoms with E-state index in [4.69, 9.17) is 21.4 Å². The topological polar surface area (TPSA) is 51.4 Å². The summed E-state index contributed by atoms with van der Waals surface area (Å²) >= 11 is 7.11. The normalized spacial score (nSPS) is 15.7. The van der Waals surface area contributed by atoms with Crippen LogP contribution in [0.5, 0.6) is 5.75 Å². The molecule has 1 aromatic heterocycles. The summed E-state index contributed by atoms with van der Waals surface area (Å²) in [5.74, 6) is 1.91. The zero-order chi connectivity index (χ0) is 16.2. The molecule has 122 valence electrons. The molecule has 2 aromatic rings. The van der Waals surface area contributed by atoms with Gasteiger partial charge < -0.3 is 14.1 Å². The minimum absolute atomic E-state index is 0.0441. The minimum atomic E-state index is 0.0441. The third-order valence-electron chi connectivity index (χ3n) is 3.77. The van der Waals surface area contributed by atoms with Crippen molar-refractivity contribution in [3.63, 3.8) is 0 Å². The number of hydrogen-bond acceptors (Lipinski definition) is 6. The van der Waals surface area contributed by atoms with Crippen LogP contribution in [0.3, 0.4) is 0 Å². The van der Waals surface area contributed by atoms with Crippen LogP contribution in [0.2, 0.25) is 0 Å². The van der Waals surface area contributed by atoms with Crippen molar-refractivity contribution in [2.24, 2.45) is 0 Å². The lowest BCUT2D eigenvalue weighted by Gasteiger charge is -2.19. The summed E-state index contributed by atoms with van der Waals surface area (Å²) in [5.41, 5.74) is 0.879.